The van der Waals surface area contributed by atoms with Crippen LogP contribution < -0.4 is 0 Å². The topological polar surface area (TPSA) is 51.4 Å². The fourth-order valence-corrected chi connectivity index (χ4v) is 2.84. The van der Waals surface area contributed by atoms with E-state index in [2.05, 4.69) is 45.4 Å². The van der Waals surface area contributed by atoms with E-state index < -0.39 is 0 Å². The summed E-state index contributed by atoms with van der Waals surface area (Å²) in [6, 6.07) is 10.6. The quantitative estimate of drug-likeness (QED) is 0.736. The first-order valence-corrected chi connectivity index (χ1v) is 7.96. The van der Waals surface area contributed by atoms with Gasteiger partial charge in [-0.1, -0.05) is 35.5 Å². The summed E-state index contributed by atoms with van der Waals surface area (Å²) in [7, 11) is 0. The van der Waals surface area contributed by atoms with Gasteiger partial charge in [0, 0.05) is 19.7 Å². The molecule has 1 aliphatic heterocycles. The molecule has 2 aromatic rings. The number of aryl methyl sites for hydroxylation is 2. The first-order valence-electron chi connectivity index (χ1n) is 7.96. The van der Waals surface area contributed by atoms with Gasteiger partial charge in [0.2, 0.25) is 5.89 Å². The van der Waals surface area contributed by atoms with Crippen molar-refractivity contribution < 1.29 is 9.26 Å². The lowest BCUT2D eigenvalue weighted by molar-refractivity contribution is 0.0563. The zero-order valence-electron chi connectivity index (χ0n) is 13.1. The van der Waals surface area contributed by atoms with Gasteiger partial charge in [0.15, 0.2) is 5.82 Å². The van der Waals surface area contributed by atoms with Crippen molar-refractivity contribution in [3.05, 3.63) is 47.6 Å². The van der Waals surface area contributed by atoms with Crippen molar-refractivity contribution in [1.82, 2.24) is 15.0 Å². The van der Waals surface area contributed by atoms with Gasteiger partial charge in [0.05, 0.1) is 12.6 Å². The Kier molecular flexibility index (Phi) is 5.19. The number of hydrogen-bond acceptors (Lipinski definition) is 5. The normalized spacial score (nSPS) is 18.9. The molecule has 1 unspecified atom stereocenters. The molecular weight excluding hydrogens is 278 g/mol. The SMILES string of the molecule is Cc1noc(CN2CCC(OCCCc3ccccc3)C2)n1. The lowest BCUT2D eigenvalue weighted by Crippen LogP contribution is -2.23. The van der Waals surface area contributed by atoms with E-state index in [0.29, 0.717) is 17.8 Å². The van der Waals surface area contributed by atoms with E-state index in [1.54, 1.807) is 0 Å². The van der Waals surface area contributed by atoms with E-state index in [1.807, 2.05) is 6.92 Å². The molecular formula is C17H23N3O2. The number of rotatable bonds is 7. The molecule has 0 amide bonds. The molecule has 1 saturated heterocycles. The standard InChI is InChI=1S/C17H23N3O2/c1-14-18-17(22-19-14)13-20-10-9-16(12-20)21-11-5-8-15-6-3-2-4-7-15/h2-4,6-7,16H,5,8-13H2,1H3. The monoisotopic (exact) mass is 301 g/mol. The Morgan fingerprint density at radius 3 is 2.95 bits per heavy atom. The Morgan fingerprint density at radius 2 is 2.18 bits per heavy atom. The van der Waals surface area contributed by atoms with Crippen molar-refractivity contribution in [2.45, 2.75) is 38.8 Å². The molecule has 1 fully saturated rings. The Bertz CT molecular complexity index is 570. The van der Waals surface area contributed by atoms with E-state index in [-0.39, 0.29) is 0 Å². The molecule has 0 N–H and O–H groups in total. The second-order valence-electron chi connectivity index (χ2n) is 5.84. The molecule has 1 atom stereocenters. The Hall–Kier alpha value is -1.72. The highest BCUT2D eigenvalue weighted by molar-refractivity contribution is 5.14. The second-order valence-corrected chi connectivity index (χ2v) is 5.84. The molecule has 1 aliphatic rings. The maximum atomic E-state index is 5.99. The predicted molar refractivity (Wildman–Crippen MR) is 83.4 cm³/mol. The van der Waals surface area contributed by atoms with Crippen LogP contribution in [0.2, 0.25) is 0 Å². The summed E-state index contributed by atoms with van der Waals surface area (Å²) in [5.41, 5.74) is 1.38. The van der Waals surface area contributed by atoms with Gasteiger partial charge in [-0.05, 0) is 31.7 Å². The zero-order chi connectivity index (χ0) is 15.2. The van der Waals surface area contributed by atoms with Crippen molar-refractivity contribution >= 4 is 0 Å². The van der Waals surface area contributed by atoms with Crippen molar-refractivity contribution in [3.63, 3.8) is 0 Å². The number of hydrogen-bond donors (Lipinski definition) is 0. The second kappa shape index (κ2) is 7.51. The number of nitrogens with zero attached hydrogens (tertiary/aromatic N) is 3. The van der Waals surface area contributed by atoms with E-state index in [4.69, 9.17) is 9.26 Å². The Morgan fingerprint density at radius 1 is 1.32 bits per heavy atom. The number of ether oxygens (including phenoxy) is 1. The average Bonchev–Trinajstić information content (AvgIpc) is 3.14. The van der Waals surface area contributed by atoms with Crippen LogP contribution in [0.1, 0.15) is 30.1 Å². The van der Waals surface area contributed by atoms with Gasteiger partial charge in [-0.3, -0.25) is 4.90 Å². The van der Waals surface area contributed by atoms with E-state index in [1.165, 1.54) is 5.56 Å². The summed E-state index contributed by atoms with van der Waals surface area (Å²) in [4.78, 5) is 6.56. The summed E-state index contributed by atoms with van der Waals surface area (Å²) >= 11 is 0. The lowest BCUT2D eigenvalue weighted by Gasteiger charge is -2.14. The van der Waals surface area contributed by atoms with Crippen molar-refractivity contribution in [1.29, 1.82) is 0 Å². The van der Waals surface area contributed by atoms with Crippen LogP contribution in [0.15, 0.2) is 34.9 Å². The minimum absolute atomic E-state index is 0.333. The highest BCUT2D eigenvalue weighted by Crippen LogP contribution is 2.16. The van der Waals surface area contributed by atoms with Crippen LogP contribution in [-0.2, 0) is 17.7 Å². The Balaban J connectivity index is 1.33. The molecule has 118 valence electrons. The molecule has 2 heterocycles. The molecule has 0 aliphatic carbocycles. The fourth-order valence-electron chi connectivity index (χ4n) is 2.84. The van der Waals surface area contributed by atoms with Crippen LogP contribution in [0, 0.1) is 6.92 Å². The van der Waals surface area contributed by atoms with Gasteiger partial charge in [0.25, 0.3) is 0 Å². The van der Waals surface area contributed by atoms with Crippen LogP contribution in [0.3, 0.4) is 0 Å². The third kappa shape index (κ3) is 4.39. The van der Waals surface area contributed by atoms with Gasteiger partial charge >= 0.3 is 0 Å². The molecule has 1 aromatic heterocycles. The first-order chi connectivity index (χ1) is 10.8. The van der Waals surface area contributed by atoms with Crippen LogP contribution >= 0.6 is 0 Å². The van der Waals surface area contributed by atoms with E-state index >= 15 is 0 Å². The number of likely N-dealkylation sites (tertiary alicyclic amines) is 1. The van der Waals surface area contributed by atoms with Crippen molar-refractivity contribution in [2.75, 3.05) is 19.7 Å². The van der Waals surface area contributed by atoms with Crippen LogP contribution in [0.5, 0.6) is 0 Å². The van der Waals surface area contributed by atoms with Gasteiger partial charge < -0.3 is 9.26 Å². The van der Waals surface area contributed by atoms with E-state index in [9.17, 15) is 0 Å². The molecule has 22 heavy (non-hydrogen) atoms. The number of aromatic nitrogens is 2. The van der Waals surface area contributed by atoms with E-state index in [0.717, 1.165) is 45.5 Å². The largest absolute Gasteiger partial charge is 0.377 e. The van der Waals surface area contributed by atoms with Gasteiger partial charge in [0.1, 0.15) is 0 Å². The van der Waals surface area contributed by atoms with Gasteiger partial charge in [-0.15, -0.1) is 0 Å². The maximum absolute atomic E-state index is 5.99. The van der Waals surface area contributed by atoms with Gasteiger partial charge in [-0.25, -0.2) is 0 Å². The maximum Gasteiger partial charge on any atom is 0.240 e. The van der Waals surface area contributed by atoms with Crippen molar-refractivity contribution in [3.8, 4) is 0 Å². The smallest absolute Gasteiger partial charge is 0.240 e. The highest BCUT2D eigenvalue weighted by atomic mass is 16.5. The molecule has 5 nitrogen and oxygen atoms in total. The molecule has 5 heteroatoms. The molecule has 1 aromatic carbocycles. The minimum atomic E-state index is 0.333. The summed E-state index contributed by atoms with van der Waals surface area (Å²) in [6.07, 6.45) is 3.57. The summed E-state index contributed by atoms with van der Waals surface area (Å²) in [5.74, 6) is 1.39. The molecule has 0 spiro atoms. The summed E-state index contributed by atoms with van der Waals surface area (Å²) < 4.78 is 11.2. The van der Waals surface area contributed by atoms with Crippen molar-refractivity contribution in [2.24, 2.45) is 0 Å². The van der Waals surface area contributed by atoms with Crippen LogP contribution in [0.25, 0.3) is 0 Å². The lowest BCUT2D eigenvalue weighted by atomic mass is 10.1. The average molecular weight is 301 g/mol. The molecule has 0 bridgehead atoms. The first kappa shape index (κ1) is 15.2. The predicted octanol–water partition coefficient (Wildman–Crippen LogP) is 2.60. The molecule has 0 saturated carbocycles. The number of benzene rings is 1. The molecule has 3 rings (SSSR count). The Labute approximate surface area is 131 Å². The summed E-state index contributed by atoms with van der Waals surface area (Å²) in [6.45, 7) is 5.38. The third-order valence-electron chi connectivity index (χ3n) is 3.96. The zero-order valence-corrected chi connectivity index (χ0v) is 13.1. The summed E-state index contributed by atoms with van der Waals surface area (Å²) in [5, 5.41) is 3.82. The van der Waals surface area contributed by atoms with Crippen LogP contribution in [-0.4, -0.2) is 40.8 Å². The third-order valence-corrected chi connectivity index (χ3v) is 3.96. The molecule has 0 radical (unpaired) electrons. The van der Waals surface area contributed by atoms with Crippen LogP contribution in [0.4, 0.5) is 0 Å². The minimum Gasteiger partial charge on any atom is -0.377 e. The highest BCUT2D eigenvalue weighted by Gasteiger charge is 2.24. The fraction of sp³-hybridized carbons (Fsp3) is 0.529. The van der Waals surface area contributed by atoms with Gasteiger partial charge in [-0.2, -0.15) is 4.98 Å².